The minimum atomic E-state index is -5.13. The summed E-state index contributed by atoms with van der Waals surface area (Å²) < 4.78 is 40.4. The third kappa shape index (κ3) is 5.88. The van der Waals surface area contributed by atoms with Crippen molar-refractivity contribution in [1.82, 2.24) is 9.80 Å². The third-order valence-electron chi connectivity index (χ3n) is 8.38. The molecule has 0 spiro atoms. The van der Waals surface area contributed by atoms with Crippen molar-refractivity contribution in [3.63, 3.8) is 0 Å². The van der Waals surface area contributed by atoms with Gasteiger partial charge >= 0.3 is 12.1 Å². The quantitative estimate of drug-likeness (QED) is 0.603. The van der Waals surface area contributed by atoms with Crippen LogP contribution in [-0.4, -0.2) is 69.3 Å². The van der Waals surface area contributed by atoms with Crippen molar-refractivity contribution in [2.75, 3.05) is 19.6 Å². The largest absolute Gasteiger partial charge is 0.471 e. The Kier molecular flexibility index (Phi) is 8.29. The number of aliphatic hydroxyl groups is 2. The van der Waals surface area contributed by atoms with Crippen LogP contribution in [0.5, 0.6) is 0 Å². The molecule has 200 valence electrons. The van der Waals surface area contributed by atoms with Gasteiger partial charge in [-0.1, -0.05) is 56.4 Å². The zero-order chi connectivity index (χ0) is 25.9. The van der Waals surface area contributed by atoms with E-state index in [1.807, 2.05) is 24.3 Å². The Morgan fingerprint density at radius 1 is 1.06 bits per heavy atom. The summed E-state index contributed by atoms with van der Waals surface area (Å²) in [5.41, 5.74) is 0.659. The van der Waals surface area contributed by atoms with E-state index in [9.17, 15) is 33.0 Å². The number of halogens is 3. The molecule has 4 rings (SSSR count). The van der Waals surface area contributed by atoms with E-state index in [1.165, 1.54) is 0 Å². The van der Waals surface area contributed by atoms with Gasteiger partial charge in [0, 0.05) is 13.1 Å². The predicted octanol–water partition coefficient (Wildman–Crippen LogP) is 4.14. The number of benzene rings is 1. The van der Waals surface area contributed by atoms with Gasteiger partial charge in [-0.05, 0) is 55.6 Å². The second-order valence-electron chi connectivity index (χ2n) is 10.7. The van der Waals surface area contributed by atoms with Crippen LogP contribution in [0.4, 0.5) is 13.2 Å². The standard InChI is InChI=1S/C27H37F3N2O4/c28-27(29,30)25(35)31(17-15-26(36)14-7-6-12-22(26)33)18-23(34)32-16-13-19-8-4-5-11-21(19)24(32)20-9-2-1-3-10-20/h4-5,8,11,20,22,24,33,36H,1-3,6-7,9-10,12-18H2. The molecule has 2 fully saturated rings. The number of rotatable bonds is 6. The number of carbonyl (C=O) groups excluding carboxylic acids is 2. The second-order valence-corrected chi connectivity index (χ2v) is 10.7. The molecule has 1 heterocycles. The molecule has 3 unspecified atom stereocenters. The summed E-state index contributed by atoms with van der Waals surface area (Å²) in [7, 11) is 0. The zero-order valence-corrected chi connectivity index (χ0v) is 20.7. The fraction of sp³-hybridized carbons (Fsp3) is 0.704. The summed E-state index contributed by atoms with van der Waals surface area (Å²) in [5, 5.41) is 21.1. The summed E-state index contributed by atoms with van der Waals surface area (Å²) in [6.45, 7) is -0.750. The summed E-state index contributed by atoms with van der Waals surface area (Å²) in [4.78, 5) is 28.1. The van der Waals surface area contributed by atoms with E-state index in [4.69, 9.17) is 0 Å². The minimum Gasteiger partial charge on any atom is -0.390 e. The molecule has 1 aromatic rings. The van der Waals surface area contributed by atoms with Gasteiger partial charge in [-0.2, -0.15) is 13.2 Å². The Labute approximate surface area is 210 Å². The Morgan fingerprint density at radius 2 is 1.75 bits per heavy atom. The maximum atomic E-state index is 13.6. The highest BCUT2D eigenvalue weighted by Gasteiger charge is 2.46. The van der Waals surface area contributed by atoms with Gasteiger partial charge in [-0.15, -0.1) is 0 Å². The Hall–Kier alpha value is -2.13. The van der Waals surface area contributed by atoms with Gasteiger partial charge < -0.3 is 20.0 Å². The Morgan fingerprint density at radius 3 is 2.44 bits per heavy atom. The van der Waals surface area contributed by atoms with Crippen LogP contribution in [0.3, 0.4) is 0 Å². The van der Waals surface area contributed by atoms with E-state index in [-0.39, 0.29) is 24.8 Å². The van der Waals surface area contributed by atoms with Gasteiger partial charge in [0.25, 0.3) is 0 Å². The first kappa shape index (κ1) is 26.9. The maximum Gasteiger partial charge on any atom is 0.471 e. The molecule has 9 heteroatoms. The molecule has 36 heavy (non-hydrogen) atoms. The molecule has 1 aromatic carbocycles. The van der Waals surface area contributed by atoms with Crippen LogP contribution in [0.15, 0.2) is 24.3 Å². The van der Waals surface area contributed by atoms with E-state index in [0.29, 0.717) is 30.7 Å². The number of nitrogens with zero attached hydrogens (tertiary/aromatic N) is 2. The summed E-state index contributed by atoms with van der Waals surface area (Å²) in [5.74, 6) is -2.36. The van der Waals surface area contributed by atoms with Crippen LogP contribution in [0.25, 0.3) is 0 Å². The molecule has 2 aliphatic carbocycles. The predicted molar refractivity (Wildman–Crippen MR) is 128 cm³/mol. The van der Waals surface area contributed by atoms with E-state index >= 15 is 0 Å². The molecule has 2 saturated carbocycles. The zero-order valence-electron chi connectivity index (χ0n) is 20.7. The second kappa shape index (κ2) is 11.1. The number of hydrogen-bond donors (Lipinski definition) is 2. The summed E-state index contributed by atoms with van der Waals surface area (Å²) >= 11 is 0. The van der Waals surface area contributed by atoms with Crippen molar-refractivity contribution >= 4 is 11.8 Å². The number of aliphatic hydroxyl groups excluding tert-OH is 1. The molecule has 0 radical (unpaired) electrons. The van der Waals surface area contributed by atoms with Gasteiger partial charge in [-0.3, -0.25) is 9.59 Å². The van der Waals surface area contributed by atoms with Gasteiger partial charge in [0.15, 0.2) is 0 Å². The van der Waals surface area contributed by atoms with E-state index in [0.717, 1.165) is 49.7 Å². The highest BCUT2D eigenvalue weighted by Crippen LogP contribution is 2.42. The number of fused-ring (bicyclic) bond motifs is 1. The Bertz CT molecular complexity index is 934. The molecular formula is C27H37F3N2O4. The van der Waals surface area contributed by atoms with Crippen LogP contribution >= 0.6 is 0 Å². The number of hydrogen-bond acceptors (Lipinski definition) is 4. The van der Waals surface area contributed by atoms with Crippen molar-refractivity contribution in [2.24, 2.45) is 5.92 Å². The van der Waals surface area contributed by atoms with Crippen LogP contribution in [0.2, 0.25) is 0 Å². The highest BCUT2D eigenvalue weighted by atomic mass is 19.4. The van der Waals surface area contributed by atoms with Gasteiger partial charge in [0.1, 0.15) is 6.54 Å². The minimum absolute atomic E-state index is 0.210. The molecule has 3 atom stereocenters. The SMILES string of the molecule is O=C(CN(CCC1(O)CCCCC1O)C(=O)C(F)(F)F)N1CCc2ccccc2C1C1CCCCC1. The normalized spacial score (nSPS) is 27.4. The van der Waals surface area contributed by atoms with Gasteiger partial charge in [0.05, 0.1) is 17.7 Å². The number of alkyl halides is 3. The van der Waals surface area contributed by atoms with E-state index in [1.54, 1.807) is 4.90 Å². The first-order chi connectivity index (χ1) is 17.1. The van der Waals surface area contributed by atoms with Crippen molar-refractivity contribution in [3.05, 3.63) is 35.4 Å². The lowest BCUT2D eigenvalue weighted by atomic mass is 9.77. The lowest BCUT2D eigenvalue weighted by Crippen LogP contribution is -2.53. The Balaban J connectivity index is 1.54. The van der Waals surface area contributed by atoms with Crippen molar-refractivity contribution in [2.45, 2.75) is 94.6 Å². The average Bonchev–Trinajstić information content (AvgIpc) is 2.87. The van der Waals surface area contributed by atoms with E-state index < -0.39 is 42.8 Å². The summed E-state index contributed by atoms with van der Waals surface area (Å²) in [6.07, 6.45) is 1.38. The number of amides is 2. The third-order valence-corrected chi connectivity index (χ3v) is 8.38. The lowest BCUT2D eigenvalue weighted by molar-refractivity contribution is -0.188. The smallest absolute Gasteiger partial charge is 0.390 e. The lowest BCUT2D eigenvalue weighted by Gasteiger charge is -2.44. The first-order valence-electron chi connectivity index (χ1n) is 13.2. The van der Waals surface area contributed by atoms with Crippen LogP contribution in [0, 0.1) is 5.92 Å². The highest BCUT2D eigenvalue weighted by molar-refractivity contribution is 5.88. The maximum absolute atomic E-state index is 13.6. The molecule has 6 nitrogen and oxygen atoms in total. The molecule has 2 amide bonds. The van der Waals surface area contributed by atoms with Crippen LogP contribution in [0.1, 0.15) is 81.4 Å². The molecular weight excluding hydrogens is 473 g/mol. The van der Waals surface area contributed by atoms with Crippen LogP contribution < -0.4 is 0 Å². The van der Waals surface area contributed by atoms with E-state index in [2.05, 4.69) is 0 Å². The van der Waals surface area contributed by atoms with Crippen molar-refractivity contribution in [1.29, 1.82) is 0 Å². The molecule has 0 bridgehead atoms. The molecule has 3 aliphatic rings. The molecule has 0 aromatic heterocycles. The summed E-state index contributed by atoms with van der Waals surface area (Å²) in [6, 6.07) is 7.73. The van der Waals surface area contributed by atoms with Crippen molar-refractivity contribution < 1.29 is 33.0 Å². The molecule has 1 aliphatic heterocycles. The molecule has 0 saturated heterocycles. The fourth-order valence-electron chi connectivity index (χ4n) is 6.35. The van der Waals surface area contributed by atoms with Crippen molar-refractivity contribution in [3.8, 4) is 0 Å². The average molecular weight is 511 g/mol. The first-order valence-corrected chi connectivity index (χ1v) is 13.2. The topological polar surface area (TPSA) is 81.1 Å². The molecule has 2 N–H and O–H groups in total. The van der Waals surface area contributed by atoms with Gasteiger partial charge in [-0.25, -0.2) is 0 Å². The van der Waals surface area contributed by atoms with Gasteiger partial charge in [0.2, 0.25) is 5.91 Å². The van der Waals surface area contributed by atoms with Crippen LogP contribution in [-0.2, 0) is 16.0 Å². The fourth-order valence-corrected chi connectivity index (χ4v) is 6.35. The number of carbonyl (C=O) groups is 2. The monoisotopic (exact) mass is 510 g/mol.